The van der Waals surface area contributed by atoms with Crippen LogP contribution in [0.4, 0.5) is 0 Å². The van der Waals surface area contributed by atoms with E-state index in [2.05, 4.69) is 19.3 Å². The lowest BCUT2D eigenvalue weighted by molar-refractivity contribution is -0.0894. The summed E-state index contributed by atoms with van der Waals surface area (Å²) in [6.07, 6.45) is 10.4. The Kier molecular flexibility index (Phi) is 5.46. The molecular formula is C15H29NO2. The number of hydrogen-bond donors (Lipinski definition) is 1. The zero-order valence-corrected chi connectivity index (χ0v) is 12.0. The van der Waals surface area contributed by atoms with Crippen LogP contribution in [-0.4, -0.2) is 38.0 Å². The van der Waals surface area contributed by atoms with E-state index in [0.717, 1.165) is 13.2 Å². The van der Waals surface area contributed by atoms with Gasteiger partial charge in [-0.1, -0.05) is 0 Å². The van der Waals surface area contributed by atoms with Crippen molar-refractivity contribution in [3.05, 3.63) is 0 Å². The van der Waals surface area contributed by atoms with Gasteiger partial charge in [-0.3, -0.25) is 0 Å². The lowest BCUT2D eigenvalue weighted by Crippen LogP contribution is -2.51. The molecule has 0 aromatic rings. The summed E-state index contributed by atoms with van der Waals surface area (Å²) in [7, 11) is 2.07. The van der Waals surface area contributed by atoms with E-state index in [1.807, 2.05) is 0 Å². The highest BCUT2D eigenvalue weighted by atomic mass is 16.5. The molecule has 2 aliphatic rings. The summed E-state index contributed by atoms with van der Waals surface area (Å²) >= 11 is 0. The number of nitrogens with one attached hydrogen (secondary N) is 1. The van der Waals surface area contributed by atoms with Crippen molar-refractivity contribution in [3.63, 3.8) is 0 Å². The third-order valence-electron chi connectivity index (χ3n) is 4.63. The van der Waals surface area contributed by atoms with Crippen molar-refractivity contribution in [2.24, 2.45) is 0 Å². The van der Waals surface area contributed by atoms with Gasteiger partial charge < -0.3 is 14.8 Å². The molecule has 0 bridgehead atoms. The smallest absolute Gasteiger partial charge is 0.0806 e. The molecule has 0 amide bonds. The fourth-order valence-electron chi connectivity index (χ4n) is 3.41. The van der Waals surface area contributed by atoms with Gasteiger partial charge in [0.1, 0.15) is 0 Å². The van der Waals surface area contributed by atoms with Gasteiger partial charge in [0.05, 0.1) is 11.7 Å². The Morgan fingerprint density at radius 3 is 2.78 bits per heavy atom. The first-order valence-corrected chi connectivity index (χ1v) is 7.67. The van der Waals surface area contributed by atoms with E-state index in [1.165, 1.54) is 51.4 Å². The SMILES string of the molecule is CNC(CCCC1CCCO1)C1(C)CCCCO1. The molecule has 0 saturated carbocycles. The van der Waals surface area contributed by atoms with Crippen LogP contribution in [0.3, 0.4) is 0 Å². The van der Waals surface area contributed by atoms with Crippen LogP contribution < -0.4 is 5.32 Å². The Bertz CT molecular complexity index is 233. The third-order valence-corrected chi connectivity index (χ3v) is 4.63. The number of ether oxygens (including phenoxy) is 2. The van der Waals surface area contributed by atoms with E-state index < -0.39 is 0 Å². The molecule has 2 saturated heterocycles. The van der Waals surface area contributed by atoms with E-state index in [0.29, 0.717) is 12.1 Å². The van der Waals surface area contributed by atoms with Crippen LogP contribution in [0.25, 0.3) is 0 Å². The Morgan fingerprint density at radius 1 is 1.28 bits per heavy atom. The predicted molar refractivity (Wildman–Crippen MR) is 73.9 cm³/mol. The number of rotatable bonds is 6. The fourth-order valence-corrected chi connectivity index (χ4v) is 3.41. The summed E-state index contributed by atoms with van der Waals surface area (Å²) in [6, 6.07) is 0.485. The van der Waals surface area contributed by atoms with Gasteiger partial charge in [-0.05, 0) is 65.3 Å². The standard InChI is InChI=1S/C15H29NO2/c1-15(10-3-4-12-18-15)14(16-2)9-5-7-13-8-6-11-17-13/h13-14,16H,3-12H2,1-2H3. The van der Waals surface area contributed by atoms with Gasteiger partial charge in [0.15, 0.2) is 0 Å². The summed E-state index contributed by atoms with van der Waals surface area (Å²) in [5.74, 6) is 0. The zero-order valence-electron chi connectivity index (χ0n) is 12.0. The molecule has 0 aromatic carbocycles. The molecule has 1 N–H and O–H groups in total. The Morgan fingerprint density at radius 2 is 2.17 bits per heavy atom. The molecule has 2 heterocycles. The van der Waals surface area contributed by atoms with Crippen LogP contribution in [0.15, 0.2) is 0 Å². The second-order valence-electron chi connectivity index (χ2n) is 6.03. The van der Waals surface area contributed by atoms with Gasteiger partial charge in [-0.2, -0.15) is 0 Å². The third kappa shape index (κ3) is 3.69. The topological polar surface area (TPSA) is 30.5 Å². The van der Waals surface area contributed by atoms with Crippen LogP contribution >= 0.6 is 0 Å². The van der Waals surface area contributed by atoms with Crippen molar-refractivity contribution in [3.8, 4) is 0 Å². The minimum Gasteiger partial charge on any atom is -0.378 e. The first-order valence-electron chi connectivity index (χ1n) is 7.67. The molecule has 2 aliphatic heterocycles. The molecule has 3 heteroatoms. The second kappa shape index (κ2) is 6.88. The molecule has 3 atom stereocenters. The highest BCUT2D eigenvalue weighted by molar-refractivity contribution is 4.90. The predicted octanol–water partition coefficient (Wildman–Crippen LogP) is 2.88. The van der Waals surface area contributed by atoms with Crippen LogP contribution in [-0.2, 0) is 9.47 Å². The van der Waals surface area contributed by atoms with Crippen molar-refractivity contribution in [2.45, 2.75) is 76.0 Å². The molecule has 18 heavy (non-hydrogen) atoms. The maximum Gasteiger partial charge on any atom is 0.0806 e. The van der Waals surface area contributed by atoms with Gasteiger partial charge in [0.2, 0.25) is 0 Å². The highest BCUT2D eigenvalue weighted by Crippen LogP contribution is 2.30. The molecule has 2 rings (SSSR count). The van der Waals surface area contributed by atoms with Crippen LogP contribution in [0.1, 0.15) is 58.3 Å². The van der Waals surface area contributed by atoms with Crippen LogP contribution in [0, 0.1) is 0 Å². The van der Waals surface area contributed by atoms with Crippen molar-refractivity contribution >= 4 is 0 Å². The monoisotopic (exact) mass is 255 g/mol. The largest absolute Gasteiger partial charge is 0.378 e. The summed E-state index contributed by atoms with van der Waals surface area (Å²) in [5.41, 5.74) is 0.0452. The fraction of sp³-hybridized carbons (Fsp3) is 1.00. The Labute approximate surface area is 112 Å². The Hall–Kier alpha value is -0.120. The first-order chi connectivity index (χ1) is 8.74. The summed E-state index contributed by atoms with van der Waals surface area (Å²) in [6.45, 7) is 4.18. The second-order valence-corrected chi connectivity index (χ2v) is 6.03. The molecule has 106 valence electrons. The quantitative estimate of drug-likeness (QED) is 0.791. The molecular weight excluding hydrogens is 226 g/mol. The van der Waals surface area contributed by atoms with Crippen molar-refractivity contribution in [2.75, 3.05) is 20.3 Å². The van der Waals surface area contributed by atoms with E-state index in [1.54, 1.807) is 0 Å². The van der Waals surface area contributed by atoms with E-state index in [4.69, 9.17) is 9.47 Å². The number of likely N-dealkylation sites (N-methyl/N-ethyl adjacent to an activating group) is 1. The molecule has 2 fully saturated rings. The van der Waals surface area contributed by atoms with Crippen molar-refractivity contribution in [1.82, 2.24) is 5.32 Å². The lowest BCUT2D eigenvalue weighted by atomic mass is 9.85. The maximum atomic E-state index is 6.05. The van der Waals surface area contributed by atoms with Gasteiger partial charge in [0, 0.05) is 19.3 Å². The molecule has 0 spiro atoms. The molecule has 0 aliphatic carbocycles. The molecule has 0 radical (unpaired) electrons. The minimum atomic E-state index is 0.0452. The van der Waals surface area contributed by atoms with E-state index in [9.17, 15) is 0 Å². The van der Waals surface area contributed by atoms with Gasteiger partial charge in [-0.25, -0.2) is 0 Å². The zero-order chi connectivity index (χ0) is 12.8. The molecule has 3 nitrogen and oxygen atoms in total. The highest BCUT2D eigenvalue weighted by Gasteiger charge is 2.35. The summed E-state index contributed by atoms with van der Waals surface area (Å²) < 4.78 is 11.7. The van der Waals surface area contributed by atoms with Gasteiger partial charge in [0.25, 0.3) is 0 Å². The first kappa shape index (κ1) is 14.3. The summed E-state index contributed by atoms with van der Waals surface area (Å²) in [4.78, 5) is 0. The minimum absolute atomic E-state index is 0.0452. The van der Waals surface area contributed by atoms with E-state index >= 15 is 0 Å². The number of hydrogen-bond acceptors (Lipinski definition) is 3. The summed E-state index contributed by atoms with van der Waals surface area (Å²) in [5, 5.41) is 3.47. The van der Waals surface area contributed by atoms with Crippen LogP contribution in [0.5, 0.6) is 0 Å². The maximum absolute atomic E-state index is 6.05. The Balaban J connectivity index is 1.73. The van der Waals surface area contributed by atoms with Crippen molar-refractivity contribution in [1.29, 1.82) is 0 Å². The van der Waals surface area contributed by atoms with Gasteiger partial charge >= 0.3 is 0 Å². The van der Waals surface area contributed by atoms with Gasteiger partial charge in [-0.15, -0.1) is 0 Å². The molecule has 0 aromatic heterocycles. The van der Waals surface area contributed by atoms with E-state index in [-0.39, 0.29) is 5.60 Å². The molecule has 3 unspecified atom stereocenters. The normalized spacial score (nSPS) is 34.7. The van der Waals surface area contributed by atoms with Crippen LogP contribution in [0.2, 0.25) is 0 Å². The lowest BCUT2D eigenvalue weighted by Gasteiger charge is -2.40. The average molecular weight is 255 g/mol. The van der Waals surface area contributed by atoms with Crippen molar-refractivity contribution < 1.29 is 9.47 Å². The average Bonchev–Trinajstić information content (AvgIpc) is 2.88.